The summed E-state index contributed by atoms with van der Waals surface area (Å²) in [6.07, 6.45) is 12.7. The Hall–Kier alpha value is 0.140. The Balaban J connectivity index is 2.41. The second kappa shape index (κ2) is 7.55. The molecule has 0 saturated heterocycles. The molecule has 0 aliphatic heterocycles. The van der Waals surface area contributed by atoms with E-state index < -0.39 is 0 Å². The molecule has 17 heavy (non-hydrogen) atoms. The number of halogens is 1. The zero-order valence-electron chi connectivity index (χ0n) is 11.2. The minimum Gasteiger partial charge on any atom is -0.300 e. The molecule has 1 aliphatic carbocycles. The lowest BCUT2D eigenvalue weighted by Gasteiger charge is -2.32. The van der Waals surface area contributed by atoms with Crippen LogP contribution < -0.4 is 0 Å². The van der Waals surface area contributed by atoms with Crippen LogP contribution in [0.15, 0.2) is 9.66 Å². The number of hydrogen-bond acceptors (Lipinski definition) is 1. The maximum absolute atomic E-state index is 11.6. The van der Waals surface area contributed by atoms with Gasteiger partial charge in [-0.25, -0.2) is 0 Å². The second-order valence-electron chi connectivity index (χ2n) is 5.53. The molecule has 0 bridgehead atoms. The van der Waals surface area contributed by atoms with E-state index in [1.54, 1.807) is 0 Å². The van der Waals surface area contributed by atoms with Gasteiger partial charge in [0.15, 0.2) is 0 Å². The molecule has 2 heteroatoms. The molecule has 1 aliphatic rings. The molecule has 1 atom stereocenters. The third-order valence-corrected chi connectivity index (χ3v) is 5.47. The molecular weight excluding hydrogens is 323 g/mol. The van der Waals surface area contributed by atoms with Gasteiger partial charge < -0.3 is 0 Å². The van der Waals surface area contributed by atoms with Crippen LogP contribution in [0.25, 0.3) is 0 Å². The molecule has 0 amide bonds. The lowest BCUT2D eigenvalue weighted by atomic mass is 9.75. The summed E-state index contributed by atoms with van der Waals surface area (Å²) in [7, 11) is 0. The monoisotopic (exact) mass is 348 g/mol. The van der Waals surface area contributed by atoms with Crippen molar-refractivity contribution in [1.29, 1.82) is 0 Å². The summed E-state index contributed by atoms with van der Waals surface area (Å²) < 4.78 is 1.42. The van der Waals surface area contributed by atoms with Gasteiger partial charge in [0.25, 0.3) is 0 Å². The number of ketones is 1. The smallest absolute Gasteiger partial charge is 0.133 e. The van der Waals surface area contributed by atoms with E-state index in [0.717, 1.165) is 19.3 Å². The molecule has 1 saturated carbocycles. The number of rotatable bonds is 6. The molecule has 98 valence electrons. The Bertz CT molecular complexity index is 283. The van der Waals surface area contributed by atoms with Crippen LogP contribution in [0.4, 0.5) is 0 Å². The lowest BCUT2D eigenvalue weighted by molar-refractivity contribution is -0.122. The number of carbonyl (C=O) groups excluding carboxylic acids is 1. The molecule has 0 heterocycles. The molecule has 0 aromatic rings. The summed E-state index contributed by atoms with van der Waals surface area (Å²) in [6.45, 7) is 4.50. The number of allylic oxidation sites excluding steroid dienone is 2. The molecular formula is C15H25IO. The van der Waals surface area contributed by atoms with Crippen molar-refractivity contribution in [2.75, 3.05) is 0 Å². The first-order valence-corrected chi connectivity index (χ1v) is 8.04. The first-order chi connectivity index (χ1) is 8.08. The topological polar surface area (TPSA) is 17.1 Å². The van der Waals surface area contributed by atoms with Gasteiger partial charge in [-0.05, 0) is 51.9 Å². The highest BCUT2D eigenvalue weighted by Gasteiger charge is 2.33. The third kappa shape index (κ3) is 5.11. The van der Waals surface area contributed by atoms with Crippen LogP contribution in [0.5, 0.6) is 0 Å². The molecule has 0 spiro atoms. The van der Waals surface area contributed by atoms with Gasteiger partial charge in [-0.15, -0.1) is 0 Å². The molecule has 1 rings (SSSR count). The minimum atomic E-state index is 0.153. The summed E-state index contributed by atoms with van der Waals surface area (Å²) in [4.78, 5) is 11.6. The van der Waals surface area contributed by atoms with E-state index in [-0.39, 0.29) is 5.41 Å². The van der Waals surface area contributed by atoms with Gasteiger partial charge in [0.2, 0.25) is 0 Å². The van der Waals surface area contributed by atoms with Crippen LogP contribution >= 0.6 is 22.6 Å². The van der Waals surface area contributed by atoms with Gasteiger partial charge >= 0.3 is 0 Å². The van der Waals surface area contributed by atoms with Crippen molar-refractivity contribution in [2.24, 2.45) is 5.41 Å². The van der Waals surface area contributed by atoms with Gasteiger partial charge in [-0.1, -0.05) is 39.2 Å². The quantitative estimate of drug-likeness (QED) is 0.462. The summed E-state index contributed by atoms with van der Waals surface area (Å²) in [5, 5.41) is 0. The van der Waals surface area contributed by atoms with Crippen LogP contribution in [0, 0.1) is 5.41 Å². The van der Waals surface area contributed by atoms with Crippen LogP contribution in [-0.4, -0.2) is 5.78 Å². The molecule has 0 N–H and O–H groups in total. The standard InChI is InChI=1S/C15H25IO/c1-3-4-5-6-7-10-14(16)15(2)11-8-9-13(17)12-15/h10H,3-9,11-12H2,1-2H3/b14-10+/t15-/m1/s1. The van der Waals surface area contributed by atoms with Crippen LogP contribution in [0.3, 0.4) is 0 Å². The Morgan fingerprint density at radius 3 is 2.82 bits per heavy atom. The second-order valence-corrected chi connectivity index (χ2v) is 6.69. The van der Waals surface area contributed by atoms with E-state index in [1.807, 2.05) is 0 Å². The van der Waals surface area contributed by atoms with Crippen molar-refractivity contribution < 1.29 is 4.79 Å². The fourth-order valence-corrected chi connectivity index (χ4v) is 3.31. The van der Waals surface area contributed by atoms with Crippen molar-refractivity contribution in [3.8, 4) is 0 Å². The number of Topliss-reactive ketones (excluding diaryl/α,β-unsaturated/α-hetero) is 1. The molecule has 0 unspecified atom stereocenters. The predicted molar refractivity (Wildman–Crippen MR) is 82.4 cm³/mol. The number of unbranched alkanes of at least 4 members (excludes halogenated alkanes) is 4. The third-order valence-electron chi connectivity index (χ3n) is 3.73. The van der Waals surface area contributed by atoms with Crippen molar-refractivity contribution in [3.05, 3.63) is 9.66 Å². The zero-order valence-corrected chi connectivity index (χ0v) is 13.4. The first-order valence-electron chi connectivity index (χ1n) is 6.96. The minimum absolute atomic E-state index is 0.153. The van der Waals surface area contributed by atoms with E-state index >= 15 is 0 Å². The molecule has 0 aromatic heterocycles. The summed E-state index contributed by atoms with van der Waals surface area (Å²) in [6, 6.07) is 0. The van der Waals surface area contributed by atoms with Gasteiger partial charge in [0.1, 0.15) is 5.78 Å². The van der Waals surface area contributed by atoms with E-state index in [2.05, 4.69) is 42.5 Å². The van der Waals surface area contributed by atoms with E-state index in [0.29, 0.717) is 5.78 Å². The Kier molecular flexibility index (Phi) is 6.75. The van der Waals surface area contributed by atoms with Crippen LogP contribution in [-0.2, 0) is 4.79 Å². The Labute approximate surface area is 120 Å². The highest BCUT2D eigenvalue weighted by Crippen LogP contribution is 2.43. The SMILES string of the molecule is CCCCCC/C=C(/I)[C@]1(C)CCCC(=O)C1. The highest BCUT2D eigenvalue weighted by molar-refractivity contribution is 14.1. The number of hydrogen-bond donors (Lipinski definition) is 0. The van der Waals surface area contributed by atoms with Crippen LogP contribution in [0.1, 0.15) is 71.6 Å². The molecule has 1 nitrogen and oxygen atoms in total. The van der Waals surface area contributed by atoms with Gasteiger partial charge in [-0.3, -0.25) is 4.79 Å². The highest BCUT2D eigenvalue weighted by atomic mass is 127. The Morgan fingerprint density at radius 1 is 1.41 bits per heavy atom. The molecule has 1 fully saturated rings. The van der Waals surface area contributed by atoms with Crippen molar-refractivity contribution in [3.63, 3.8) is 0 Å². The lowest BCUT2D eigenvalue weighted by Crippen LogP contribution is -2.26. The fourth-order valence-electron chi connectivity index (χ4n) is 2.54. The van der Waals surface area contributed by atoms with E-state index in [4.69, 9.17) is 0 Å². The zero-order chi connectivity index (χ0) is 12.7. The normalized spacial score (nSPS) is 26.3. The maximum atomic E-state index is 11.6. The van der Waals surface area contributed by atoms with E-state index in [9.17, 15) is 4.79 Å². The summed E-state index contributed by atoms with van der Waals surface area (Å²) >= 11 is 2.46. The summed E-state index contributed by atoms with van der Waals surface area (Å²) in [5.74, 6) is 0.451. The number of carbonyl (C=O) groups is 1. The van der Waals surface area contributed by atoms with E-state index in [1.165, 1.54) is 42.1 Å². The summed E-state index contributed by atoms with van der Waals surface area (Å²) in [5.41, 5.74) is 0.153. The average Bonchev–Trinajstić information content (AvgIpc) is 2.28. The first kappa shape index (κ1) is 15.2. The van der Waals surface area contributed by atoms with Crippen molar-refractivity contribution in [1.82, 2.24) is 0 Å². The van der Waals surface area contributed by atoms with Gasteiger partial charge in [0.05, 0.1) is 0 Å². The maximum Gasteiger partial charge on any atom is 0.133 e. The van der Waals surface area contributed by atoms with Crippen LogP contribution in [0.2, 0.25) is 0 Å². The molecule has 0 radical (unpaired) electrons. The van der Waals surface area contributed by atoms with Gasteiger partial charge in [0, 0.05) is 18.3 Å². The Morgan fingerprint density at radius 2 is 2.18 bits per heavy atom. The molecule has 0 aromatic carbocycles. The average molecular weight is 348 g/mol. The van der Waals surface area contributed by atoms with Gasteiger partial charge in [-0.2, -0.15) is 0 Å². The van der Waals surface area contributed by atoms with Crippen molar-refractivity contribution >= 4 is 28.4 Å². The largest absolute Gasteiger partial charge is 0.300 e. The van der Waals surface area contributed by atoms with Crippen molar-refractivity contribution in [2.45, 2.75) is 71.6 Å². The fraction of sp³-hybridized carbons (Fsp3) is 0.800. The predicted octanol–water partition coefficient (Wildman–Crippen LogP) is 5.43.